The van der Waals surface area contributed by atoms with Crippen LogP contribution in [-0.2, 0) is 0 Å². The molecule has 1 fully saturated rings. The zero-order valence-corrected chi connectivity index (χ0v) is 7.03. The van der Waals surface area contributed by atoms with Gasteiger partial charge in [-0.05, 0) is 12.8 Å². The van der Waals surface area contributed by atoms with Gasteiger partial charge in [-0.3, -0.25) is 4.79 Å². The largest absolute Gasteiger partial charge is 0.292 e. The fourth-order valence-electron chi connectivity index (χ4n) is 1.35. The third-order valence-corrected chi connectivity index (χ3v) is 2.36. The number of rotatable bonds is 2. The molecule has 1 aliphatic rings. The molecule has 4 heteroatoms. The second-order valence-corrected chi connectivity index (χ2v) is 3.19. The first kappa shape index (κ1) is 8.29. The Balaban J connectivity index is 2.24. The van der Waals surface area contributed by atoms with Gasteiger partial charge in [0.05, 0.1) is 0 Å². The van der Waals surface area contributed by atoms with Gasteiger partial charge in [0.25, 0.3) is 0 Å². The van der Waals surface area contributed by atoms with Gasteiger partial charge in [-0.15, -0.1) is 0 Å². The summed E-state index contributed by atoms with van der Waals surface area (Å²) in [5.41, 5.74) is -0.104. The highest BCUT2D eigenvalue weighted by Crippen LogP contribution is 2.29. The summed E-state index contributed by atoms with van der Waals surface area (Å²) in [5.74, 6) is -0.970. The SMILES string of the molecule is O=C(c1nccnc1F)C1CCC1. The molecule has 0 aliphatic heterocycles. The van der Waals surface area contributed by atoms with Crippen molar-refractivity contribution in [2.45, 2.75) is 19.3 Å². The summed E-state index contributed by atoms with van der Waals surface area (Å²) in [6, 6.07) is 0. The van der Waals surface area contributed by atoms with Crippen molar-refractivity contribution < 1.29 is 9.18 Å². The van der Waals surface area contributed by atoms with E-state index in [0.29, 0.717) is 0 Å². The van der Waals surface area contributed by atoms with Crippen LogP contribution in [-0.4, -0.2) is 15.8 Å². The summed E-state index contributed by atoms with van der Waals surface area (Å²) in [6.07, 6.45) is 5.35. The Morgan fingerprint density at radius 2 is 2.08 bits per heavy atom. The molecule has 3 nitrogen and oxygen atoms in total. The van der Waals surface area contributed by atoms with Crippen molar-refractivity contribution in [3.63, 3.8) is 0 Å². The second-order valence-electron chi connectivity index (χ2n) is 3.19. The van der Waals surface area contributed by atoms with Crippen LogP contribution >= 0.6 is 0 Å². The number of ketones is 1. The van der Waals surface area contributed by atoms with E-state index in [1.165, 1.54) is 12.4 Å². The highest BCUT2D eigenvalue weighted by molar-refractivity contribution is 5.96. The van der Waals surface area contributed by atoms with Crippen LogP contribution in [0.25, 0.3) is 0 Å². The molecule has 1 saturated carbocycles. The number of halogens is 1. The topological polar surface area (TPSA) is 42.9 Å². The molecule has 1 aromatic rings. The normalized spacial score (nSPS) is 16.7. The Bertz CT molecular complexity index is 336. The van der Waals surface area contributed by atoms with Crippen LogP contribution in [0.15, 0.2) is 12.4 Å². The standard InChI is InChI=1S/C9H9FN2O/c10-9-7(11-4-5-12-9)8(13)6-2-1-3-6/h4-6H,1-3H2. The van der Waals surface area contributed by atoms with Gasteiger partial charge < -0.3 is 0 Å². The molecule has 0 bridgehead atoms. The van der Waals surface area contributed by atoms with E-state index in [1.807, 2.05) is 0 Å². The molecule has 1 heterocycles. The Labute approximate surface area is 75.0 Å². The molecule has 0 N–H and O–H groups in total. The van der Waals surface area contributed by atoms with E-state index in [0.717, 1.165) is 19.3 Å². The van der Waals surface area contributed by atoms with E-state index in [9.17, 15) is 9.18 Å². The average Bonchev–Trinajstić information content (AvgIpc) is 2.01. The van der Waals surface area contributed by atoms with E-state index in [4.69, 9.17) is 0 Å². The summed E-state index contributed by atoms with van der Waals surface area (Å²) < 4.78 is 13.0. The van der Waals surface area contributed by atoms with Crippen LogP contribution in [0.4, 0.5) is 4.39 Å². The number of carbonyl (C=O) groups is 1. The minimum Gasteiger partial charge on any atom is -0.292 e. The summed E-state index contributed by atoms with van der Waals surface area (Å²) in [7, 11) is 0. The summed E-state index contributed by atoms with van der Waals surface area (Å²) in [5, 5.41) is 0. The van der Waals surface area contributed by atoms with Gasteiger partial charge >= 0.3 is 0 Å². The van der Waals surface area contributed by atoms with Crippen LogP contribution in [0.5, 0.6) is 0 Å². The van der Waals surface area contributed by atoms with Crippen LogP contribution in [0.2, 0.25) is 0 Å². The Hall–Kier alpha value is -1.32. The molecule has 13 heavy (non-hydrogen) atoms. The van der Waals surface area contributed by atoms with Crippen LogP contribution in [0, 0.1) is 11.9 Å². The molecular formula is C9H9FN2O. The third kappa shape index (κ3) is 1.43. The summed E-state index contributed by atoms with van der Waals surface area (Å²) in [4.78, 5) is 18.6. The number of hydrogen-bond acceptors (Lipinski definition) is 3. The molecule has 2 rings (SSSR count). The van der Waals surface area contributed by atoms with E-state index in [2.05, 4.69) is 9.97 Å². The molecule has 1 aliphatic carbocycles. The number of hydrogen-bond donors (Lipinski definition) is 0. The van der Waals surface area contributed by atoms with Crippen LogP contribution in [0.1, 0.15) is 29.8 Å². The molecule has 68 valence electrons. The van der Waals surface area contributed by atoms with Crippen LogP contribution in [0.3, 0.4) is 0 Å². The molecule has 0 radical (unpaired) electrons. The second kappa shape index (κ2) is 3.20. The van der Waals surface area contributed by atoms with E-state index in [1.54, 1.807) is 0 Å². The first-order valence-corrected chi connectivity index (χ1v) is 4.30. The average molecular weight is 180 g/mol. The lowest BCUT2D eigenvalue weighted by atomic mass is 9.81. The van der Waals surface area contributed by atoms with Gasteiger partial charge in [-0.25, -0.2) is 9.97 Å². The zero-order chi connectivity index (χ0) is 9.26. The maximum absolute atomic E-state index is 13.0. The Morgan fingerprint density at radius 3 is 2.62 bits per heavy atom. The van der Waals surface area contributed by atoms with Gasteiger partial charge in [0.1, 0.15) is 0 Å². The van der Waals surface area contributed by atoms with Gasteiger partial charge in [-0.1, -0.05) is 6.42 Å². The fourth-order valence-corrected chi connectivity index (χ4v) is 1.35. The summed E-state index contributed by atoms with van der Waals surface area (Å²) in [6.45, 7) is 0. The van der Waals surface area contributed by atoms with Gasteiger partial charge in [0.15, 0.2) is 11.5 Å². The van der Waals surface area contributed by atoms with Crippen molar-refractivity contribution in [3.05, 3.63) is 24.0 Å². The minimum absolute atomic E-state index is 0.0220. The van der Waals surface area contributed by atoms with E-state index < -0.39 is 5.95 Å². The van der Waals surface area contributed by atoms with Crippen molar-refractivity contribution in [1.29, 1.82) is 0 Å². The van der Waals surface area contributed by atoms with E-state index >= 15 is 0 Å². The first-order valence-electron chi connectivity index (χ1n) is 4.30. The monoisotopic (exact) mass is 180 g/mol. The number of aromatic nitrogens is 2. The molecule has 0 saturated heterocycles. The molecule has 0 atom stereocenters. The van der Waals surface area contributed by atoms with Crippen molar-refractivity contribution in [2.75, 3.05) is 0 Å². The van der Waals surface area contributed by atoms with Crippen molar-refractivity contribution in [2.24, 2.45) is 5.92 Å². The molecule has 1 aromatic heterocycles. The molecular weight excluding hydrogens is 171 g/mol. The van der Waals surface area contributed by atoms with Crippen molar-refractivity contribution in [1.82, 2.24) is 9.97 Å². The maximum atomic E-state index is 13.0. The quantitative estimate of drug-likeness (QED) is 0.649. The highest BCUT2D eigenvalue weighted by atomic mass is 19.1. The number of Topliss-reactive ketones (excluding diaryl/α,β-unsaturated/α-hetero) is 1. The molecule has 0 aromatic carbocycles. The maximum Gasteiger partial charge on any atom is 0.242 e. The predicted octanol–water partition coefficient (Wildman–Crippen LogP) is 1.60. The smallest absolute Gasteiger partial charge is 0.242 e. The van der Waals surface area contributed by atoms with E-state index in [-0.39, 0.29) is 17.4 Å². The Kier molecular flexibility index (Phi) is 2.04. The number of carbonyl (C=O) groups excluding carboxylic acids is 1. The number of nitrogens with zero attached hydrogens (tertiary/aromatic N) is 2. The molecule has 0 spiro atoms. The first-order chi connectivity index (χ1) is 6.29. The molecule has 0 amide bonds. The lowest BCUT2D eigenvalue weighted by Crippen LogP contribution is -2.24. The Morgan fingerprint density at radius 1 is 1.38 bits per heavy atom. The highest BCUT2D eigenvalue weighted by Gasteiger charge is 2.29. The fraction of sp³-hybridized carbons (Fsp3) is 0.444. The predicted molar refractivity (Wildman–Crippen MR) is 43.7 cm³/mol. The van der Waals surface area contributed by atoms with Gasteiger partial charge in [0, 0.05) is 18.3 Å². The van der Waals surface area contributed by atoms with Crippen molar-refractivity contribution in [3.8, 4) is 0 Å². The third-order valence-electron chi connectivity index (χ3n) is 2.36. The lowest BCUT2D eigenvalue weighted by Gasteiger charge is -2.22. The van der Waals surface area contributed by atoms with Crippen LogP contribution < -0.4 is 0 Å². The summed E-state index contributed by atoms with van der Waals surface area (Å²) >= 11 is 0. The minimum atomic E-state index is -0.751. The lowest BCUT2D eigenvalue weighted by molar-refractivity contribution is 0.0844. The van der Waals surface area contributed by atoms with Gasteiger partial charge in [0.2, 0.25) is 5.95 Å². The molecule has 0 unspecified atom stereocenters. The van der Waals surface area contributed by atoms with Gasteiger partial charge in [-0.2, -0.15) is 4.39 Å². The zero-order valence-electron chi connectivity index (χ0n) is 7.03. The van der Waals surface area contributed by atoms with Crippen molar-refractivity contribution >= 4 is 5.78 Å².